The predicted octanol–water partition coefficient (Wildman–Crippen LogP) is 2.15. The van der Waals surface area contributed by atoms with E-state index in [1.54, 1.807) is 6.07 Å². The number of hydrogen-bond acceptors (Lipinski definition) is 4. The minimum absolute atomic E-state index is 0.204. The number of oxime groups is 1. The highest BCUT2D eigenvalue weighted by molar-refractivity contribution is 5.91. The van der Waals surface area contributed by atoms with Gasteiger partial charge in [-0.15, -0.1) is 0 Å². The van der Waals surface area contributed by atoms with Crippen molar-refractivity contribution in [3.8, 4) is 5.75 Å². The number of hydrogen-bond donors (Lipinski definition) is 1. The maximum Gasteiger partial charge on any atom is 0.335 e. The van der Waals surface area contributed by atoms with Gasteiger partial charge in [0.1, 0.15) is 12.9 Å². The van der Waals surface area contributed by atoms with Gasteiger partial charge in [-0.05, 0) is 37.0 Å². The molecule has 0 heterocycles. The van der Waals surface area contributed by atoms with Gasteiger partial charge in [0.25, 0.3) is 0 Å². The number of rotatable bonds is 6. The van der Waals surface area contributed by atoms with E-state index in [-0.39, 0.29) is 5.56 Å². The van der Waals surface area contributed by atoms with Gasteiger partial charge >= 0.3 is 5.97 Å². The summed E-state index contributed by atoms with van der Waals surface area (Å²) in [5.74, 6) is 0.162. The fourth-order valence-electron chi connectivity index (χ4n) is 1.50. The second-order valence-corrected chi connectivity index (χ2v) is 4.23. The van der Waals surface area contributed by atoms with Crippen molar-refractivity contribution in [3.63, 3.8) is 0 Å². The van der Waals surface area contributed by atoms with Gasteiger partial charge in [0.15, 0.2) is 0 Å². The van der Waals surface area contributed by atoms with E-state index in [2.05, 4.69) is 9.99 Å². The number of carboxylic acids is 1. The molecule has 1 aliphatic carbocycles. The van der Waals surface area contributed by atoms with Crippen LogP contribution in [0.2, 0.25) is 0 Å². The van der Waals surface area contributed by atoms with E-state index >= 15 is 0 Å². The molecule has 5 nitrogen and oxygen atoms in total. The Kier molecular flexibility index (Phi) is 3.82. The summed E-state index contributed by atoms with van der Waals surface area (Å²) in [6, 6.07) is 4.69. The van der Waals surface area contributed by atoms with Crippen molar-refractivity contribution in [3.05, 3.63) is 29.3 Å². The lowest BCUT2D eigenvalue weighted by atomic mass is 10.1. The molecule has 0 spiro atoms. The molecule has 0 bridgehead atoms. The Morgan fingerprint density at radius 3 is 2.94 bits per heavy atom. The Morgan fingerprint density at radius 1 is 1.56 bits per heavy atom. The molecule has 1 aromatic rings. The molecular weight excluding hydrogens is 234 g/mol. The second kappa shape index (κ2) is 5.53. The average Bonchev–Trinajstić information content (AvgIpc) is 3.18. The standard InChI is InChI=1S/C13H15NO4/c1-17-14-7-11-5-4-10(13(15)16)6-12(11)18-8-9-2-3-9/h4-7,9H,2-3,8H2,1H3,(H,15,16)/b14-7-. The Bertz CT molecular complexity index is 466. The van der Waals surface area contributed by atoms with Crippen LogP contribution in [0.25, 0.3) is 0 Å². The summed E-state index contributed by atoms with van der Waals surface area (Å²) in [5, 5.41) is 12.6. The molecule has 18 heavy (non-hydrogen) atoms. The van der Waals surface area contributed by atoms with Gasteiger partial charge in [-0.2, -0.15) is 0 Å². The van der Waals surface area contributed by atoms with E-state index in [1.165, 1.54) is 38.3 Å². The summed E-state index contributed by atoms with van der Waals surface area (Å²) < 4.78 is 5.64. The Balaban J connectivity index is 2.19. The van der Waals surface area contributed by atoms with E-state index in [0.717, 1.165) is 0 Å². The summed E-state index contributed by atoms with van der Waals surface area (Å²) in [6.45, 7) is 0.622. The summed E-state index contributed by atoms with van der Waals surface area (Å²) in [4.78, 5) is 15.5. The van der Waals surface area contributed by atoms with Crippen LogP contribution in [0.5, 0.6) is 5.75 Å². The van der Waals surface area contributed by atoms with Gasteiger partial charge in [0, 0.05) is 5.56 Å². The molecule has 96 valence electrons. The zero-order valence-electron chi connectivity index (χ0n) is 10.1. The molecular formula is C13H15NO4. The Morgan fingerprint density at radius 2 is 2.33 bits per heavy atom. The monoisotopic (exact) mass is 249 g/mol. The van der Waals surface area contributed by atoms with Crippen LogP contribution in [0.1, 0.15) is 28.8 Å². The lowest BCUT2D eigenvalue weighted by molar-refractivity contribution is 0.0696. The number of aromatic carboxylic acids is 1. The summed E-state index contributed by atoms with van der Waals surface area (Å²) >= 11 is 0. The molecule has 0 radical (unpaired) electrons. The molecule has 0 atom stereocenters. The normalized spacial score (nSPS) is 14.7. The Labute approximate surface area is 105 Å². The van der Waals surface area contributed by atoms with Crippen LogP contribution in [-0.4, -0.2) is 31.0 Å². The van der Waals surface area contributed by atoms with E-state index in [0.29, 0.717) is 23.8 Å². The average molecular weight is 249 g/mol. The molecule has 2 rings (SSSR count). The maximum atomic E-state index is 10.9. The first-order chi connectivity index (χ1) is 8.70. The number of nitrogens with zero attached hydrogens (tertiary/aromatic N) is 1. The molecule has 5 heteroatoms. The summed E-state index contributed by atoms with van der Waals surface area (Å²) in [6.07, 6.45) is 3.87. The van der Waals surface area contributed by atoms with Gasteiger partial charge in [-0.3, -0.25) is 0 Å². The van der Waals surface area contributed by atoms with Crippen LogP contribution in [0.3, 0.4) is 0 Å². The highest BCUT2D eigenvalue weighted by Gasteiger charge is 2.22. The van der Waals surface area contributed by atoms with Crippen LogP contribution in [0, 0.1) is 5.92 Å². The topological polar surface area (TPSA) is 68.1 Å². The third-order valence-electron chi connectivity index (χ3n) is 2.73. The van der Waals surface area contributed by atoms with Crippen LogP contribution in [0.15, 0.2) is 23.4 Å². The Hall–Kier alpha value is -2.04. The third-order valence-corrected chi connectivity index (χ3v) is 2.73. The highest BCUT2D eigenvalue weighted by atomic mass is 16.6. The minimum atomic E-state index is -0.971. The molecule has 1 saturated carbocycles. The number of benzene rings is 1. The van der Waals surface area contributed by atoms with E-state index in [4.69, 9.17) is 9.84 Å². The molecule has 0 unspecified atom stereocenters. The first-order valence-electron chi connectivity index (χ1n) is 5.77. The fourth-order valence-corrected chi connectivity index (χ4v) is 1.50. The lowest BCUT2D eigenvalue weighted by Gasteiger charge is -2.09. The van der Waals surface area contributed by atoms with Crippen molar-refractivity contribution in [1.29, 1.82) is 0 Å². The molecule has 1 fully saturated rings. The summed E-state index contributed by atoms with van der Waals surface area (Å²) in [5.41, 5.74) is 0.915. The van der Waals surface area contributed by atoms with Crippen molar-refractivity contribution < 1.29 is 19.5 Å². The molecule has 0 amide bonds. The van der Waals surface area contributed by atoms with Crippen molar-refractivity contribution in [2.75, 3.05) is 13.7 Å². The second-order valence-electron chi connectivity index (χ2n) is 4.23. The molecule has 0 aliphatic heterocycles. The zero-order chi connectivity index (χ0) is 13.0. The van der Waals surface area contributed by atoms with Gasteiger partial charge in [0.2, 0.25) is 0 Å². The highest BCUT2D eigenvalue weighted by Crippen LogP contribution is 2.30. The van der Waals surface area contributed by atoms with Crippen molar-refractivity contribution in [1.82, 2.24) is 0 Å². The molecule has 1 aliphatic rings. The van der Waals surface area contributed by atoms with Gasteiger partial charge in [-0.25, -0.2) is 4.79 Å². The molecule has 0 aromatic heterocycles. The largest absolute Gasteiger partial charge is 0.493 e. The van der Waals surface area contributed by atoms with Crippen LogP contribution in [0.4, 0.5) is 0 Å². The molecule has 0 saturated heterocycles. The molecule has 1 aromatic carbocycles. The van der Waals surface area contributed by atoms with E-state index < -0.39 is 5.97 Å². The van der Waals surface area contributed by atoms with Gasteiger partial charge in [-0.1, -0.05) is 5.16 Å². The van der Waals surface area contributed by atoms with Crippen LogP contribution < -0.4 is 4.74 Å². The fraction of sp³-hybridized carbons (Fsp3) is 0.385. The summed E-state index contributed by atoms with van der Waals surface area (Å²) in [7, 11) is 1.45. The van der Waals surface area contributed by atoms with Gasteiger partial charge < -0.3 is 14.7 Å². The van der Waals surface area contributed by atoms with Crippen LogP contribution in [-0.2, 0) is 4.84 Å². The van der Waals surface area contributed by atoms with Crippen molar-refractivity contribution in [2.45, 2.75) is 12.8 Å². The quantitative estimate of drug-likeness (QED) is 0.619. The van der Waals surface area contributed by atoms with Crippen molar-refractivity contribution >= 4 is 12.2 Å². The predicted molar refractivity (Wildman–Crippen MR) is 66.2 cm³/mol. The smallest absolute Gasteiger partial charge is 0.335 e. The van der Waals surface area contributed by atoms with E-state index in [1.807, 2.05) is 0 Å². The van der Waals surface area contributed by atoms with E-state index in [9.17, 15) is 4.79 Å². The minimum Gasteiger partial charge on any atom is -0.493 e. The lowest BCUT2D eigenvalue weighted by Crippen LogP contribution is -2.04. The number of carboxylic acid groups (broad SMARTS) is 1. The third kappa shape index (κ3) is 3.23. The van der Waals surface area contributed by atoms with Gasteiger partial charge in [0.05, 0.1) is 18.4 Å². The number of carbonyl (C=O) groups is 1. The first kappa shape index (κ1) is 12.4. The molecule has 1 N–H and O–H groups in total. The first-order valence-corrected chi connectivity index (χ1v) is 5.77. The zero-order valence-corrected chi connectivity index (χ0v) is 10.1. The number of ether oxygens (including phenoxy) is 1. The maximum absolute atomic E-state index is 10.9. The van der Waals surface area contributed by atoms with Crippen LogP contribution >= 0.6 is 0 Å². The van der Waals surface area contributed by atoms with Crippen molar-refractivity contribution in [2.24, 2.45) is 11.1 Å². The SMILES string of the molecule is CO/N=C\c1ccc(C(=O)O)cc1OCC1CC1.